The highest BCUT2D eigenvalue weighted by Gasteiger charge is 2.11. The van der Waals surface area contributed by atoms with E-state index in [2.05, 4.69) is 18.8 Å². The number of aromatic nitrogens is 2. The van der Waals surface area contributed by atoms with E-state index in [4.69, 9.17) is 0 Å². The zero-order valence-electron chi connectivity index (χ0n) is 7.42. The van der Waals surface area contributed by atoms with Crippen LogP contribution in [0.4, 0.5) is 0 Å². The summed E-state index contributed by atoms with van der Waals surface area (Å²) in [5.41, 5.74) is 0.705. The molecule has 1 heterocycles. The molecule has 0 bridgehead atoms. The van der Waals surface area contributed by atoms with Gasteiger partial charge in [-0.15, -0.1) is 0 Å². The van der Waals surface area contributed by atoms with Crippen LogP contribution in [0.3, 0.4) is 0 Å². The Hall–Kier alpha value is -0.990. The predicted molar refractivity (Wildman–Crippen MR) is 43.7 cm³/mol. The summed E-state index contributed by atoms with van der Waals surface area (Å²) in [7, 11) is 1.82. The molecule has 0 saturated carbocycles. The minimum atomic E-state index is 0.272. The molecule has 0 fully saturated rings. The summed E-state index contributed by atoms with van der Waals surface area (Å²) in [5, 5.41) is 9.38. The van der Waals surface area contributed by atoms with E-state index in [1.54, 1.807) is 11.5 Å². The molecule has 11 heavy (non-hydrogen) atoms. The Morgan fingerprint density at radius 3 is 2.18 bits per heavy atom. The predicted octanol–water partition coefficient (Wildman–Crippen LogP) is 1.56. The third-order valence-electron chi connectivity index (χ3n) is 1.78. The van der Waals surface area contributed by atoms with Gasteiger partial charge in [0.1, 0.15) is 5.82 Å². The molecule has 0 aliphatic carbocycles. The molecule has 0 atom stereocenters. The fraction of sp³-hybridized carbons (Fsp3) is 0.625. The Bertz CT molecular complexity index is 263. The van der Waals surface area contributed by atoms with Crippen molar-refractivity contribution in [1.29, 1.82) is 0 Å². The van der Waals surface area contributed by atoms with Gasteiger partial charge in [-0.3, -0.25) is 0 Å². The smallest absolute Gasteiger partial charge is 0.214 e. The Morgan fingerprint density at radius 2 is 2.00 bits per heavy atom. The van der Waals surface area contributed by atoms with Crippen LogP contribution in [0.25, 0.3) is 0 Å². The number of imidazole rings is 1. The standard InChI is InChI=1S/C8H14N2O/c1-5(2)7-9-6(3)8(11)10(7)4/h5,11H,1-4H3. The maximum Gasteiger partial charge on any atom is 0.214 e. The summed E-state index contributed by atoms with van der Waals surface area (Å²) in [4.78, 5) is 4.22. The summed E-state index contributed by atoms with van der Waals surface area (Å²) in [6.07, 6.45) is 0. The third kappa shape index (κ3) is 1.23. The first-order valence-corrected chi connectivity index (χ1v) is 3.76. The summed E-state index contributed by atoms with van der Waals surface area (Å²) in [5.74, 6) is 1.56. The average molecular weight is 154 g/mol. The van der Waals surface area contributed by atoms with E-state index < -0.39 is 0 Å². The molecule has 1 rings (SSSR count). The van der Waals surface area contributed by atoms with Gasteiger partial charge in [0.2, 0.25) is 5.88 Å². The van der Waals surface area contributed by atoms with Crippen molar-refractivity contribution in [3.63, 3.8) is 0 Å². The van der Waals surface area contributed by atoms with Gasteiger partial charge in [-0.25, -0.2) is 4.98 Å². The second-order valence-electron chi connectivity index (χ2n) is 3.09. The van der Waals surface area contributed by atoms with Crippen molar-refractivity contribution in [1.82, 2.24) is 9.55 Å². The van der Waals surface area contributed by atoms with Crippen LogP contribution in [-0.2, 0) is 7.05 Å². The number of aryl methyl sites for hydroxylation is 1. The van der Waals surface area contributed by atoms with Gasteiger partial charge in [-0.2, -0.15) is 0 Å². The molecule has 62 valence electrons. The highest BCUT2D eigenvalue weighted by atomic mass is 16.3. The summed E-state index contributed by atoms with van der Waals surface area (Å²) in [6.45, 7) is 5.92. The van der Waals surface area contributed by atoms with E-state index in [1.165, 1.54) is 0 Å². The molecule has 1 N–H and O–H groups in total. The highest BCUT2D eigenvalue weighted by molar-refractivity contribution is 5.21. The monoisotopic (exact) mass is 154 g/mol. The molecule has 0 unspecified atom stereocenters. The van der Waals surface area contributed by atoms with E-state index in [0.717, 1.165) is 5.82 Å². The molecule has 3 heteroatoms. The quantitative estimate of drug-likeness (QED) is 0.666. The van der Waals surface area contributed by atoms with Gasteiger partial charge in [0.05, 0.1) is 5.69 Å². The first-order valence-electron chi connectivity index (χ1n) is 3.76. The van der Waals surface area contributed by atoms with Crippen molar-refractivity contribution >= 4 is 0 Å². The molecule has 0 aliphatic rings. The second-order valence-corrected chi connectivity index (χ2v) is 3.09. The van der Waals surface area contributed by atoms with Gasteiger partial charge < -0.3 is 9.67 Å². The Labute approximate surface area is 66.7 Å². The molecule has 0 amide bonds. The summed E-state index contributed by atoms with van der Waals surface area (Å²) in [6, 6.07) is 0. The maximum atomic E-state index is 9.38. The third-order valence-corrected chi connectivity index (χ3v) is 1.78. The van der Waals surface area contributed by atoms with Gasteiger partial charge in [0.25, 0.3) is 0 Å². The molecule has 0 radical (unpaired) electrons. The average Bonchev–Trinajstić information content (AvgIpc) is 2.17. The minimum absolute atomic E-state index is 0.272. The van der Waals surface area contributed by atoms with Crippen LogP contribution in [0.5, 0.6) is 5.88 Å². The lowest BCUT2D eigenvalue weighted by molar-refractivity contribution is 0.423. The number of rotatable bonds is 1. The fourth-order valence-corrected chi connectivity index (χ4v) is 1.16. The van der Waals surface area contributed by atoms with Crippen LogP contribution in [0, 0.1) is 6.92 Å². The van der Waals surface area contributed by atoms with Crippen LogP contribution in [0.15, 0.2) is 0 Å². The van der Waals surface area contributed by atoms with Gasteiger partial charge in [0.15, 0.2) is 0 Å². The lowest BCUT2D eigenvalue weighted by atomic mass is 10.2. The molecular formula is C8H14N2O. The zero-order chi connectivity index (χ0) is 8.59. The molecule has 0 aromatic carbocycles. The Balaban J connectivity index is 3.19. The van der Waals surface area contributed by atoms with Crippen molar-refractivity contribution in [2.75, 3.05) is 0 Å². The number of nitrogens with zero attached hydrogens (tertiary/aromatic N) is 2. The van der Waals surface area contributed by atoms with E-state index in [9.17, 15) is 5.11 Å². The van der Waals surface area contributed by atoms with Crippen LogP contribution >= 0.6 is 0 Å². The van der Waals surface area contributed by atoms with E-state index in [0.29, 0.717) is 11.6 Å². The topological polar surface area (TPSA) is 38.0 Å². The first-order chi connectivity index (χ1) is 5.04. The first kappa shape index (κ1) is 8.11. The minimum Gasteiger partial charge on any atom is -0.493 e. The van der Waals surface area contributed by atoms with Crippen molar-refractivity contribution in [3.8, 4) is 5.88 Å². The lowest BCUT2D eigenvalue weighted by Crippen LogP contribution is -1.98. The number of aromatic hydroxyl groups is 1. The molecular weight excluding hydrogens is 140 g/mol. The van der Waals surface area contributed by atoms with E-state index >= 15 is 0 Å². The van der Waals surface area contributed by atoms with Crippen LogP contribution in [0.1, 0.15) is 31.3 Å². The molecule has 0 spiro atoms. The van der Waals surface area contributed by atoms with Gasteiger partial charge in [-0.05, 0) is 6.92 Å². The van der Waals surface area contributed by atoms with Crippen LogP contribution in [0.2, 0.25) is 0 Å². The van der Waals surface area contributed by atoms with Crippen LogP contribution < -0.4 is 0 Å². The highest BCUT2D eigenvalue weighted by Crippen LogP contribution is 2.21. The van der Waals surface area contributed by atoms with Gasteiger partial charge >= 0.3 is 0 Å². The maximum absolute atomic E-state index is 9.38. The van der Waals surface area contributed by atoms with Gasteiger partial charge in [0, 0.05) is 13.0 Å². The van der Waals surface area contributed by atoms with E-state index in [-0.39, 0.29) is 5.88 Å². The molecule has 1 aromatic rings. The SMILES string of the molecule is Cc1nc(C(C)C)n(C)c1O. The summed E-state index contributed by atoms with van der Waals surface area (Å²) >= 11 is 0. The van der Waals surface area contributed by atoms with E-state index in [1.807, 2.05) is 7.05 Å². The van der Waals surface area contributed by atoms with Crippen molar-refractivity contribution in [2.45, 2.75) is 26.7 Å². The molecule has 0 aliphatic heterocycles. The normalized spacial score (nSPS) is 11.0. The van der Waals surface area contributed by atoms with Crippen molar-refractivity contribution < 1.29 is 5.11 Å². The largest absolute Gasteiger partial charge is 0.493 e. The zero-order valence-corrected chi connectivity index (χ0v) is 7.42. The Morgan fingerprint density at radius 1 is 1.45 bits per heavy atom. The van der Waals surface area contributed by atoms with Crippen LogP contribution in [-0.4, -0.2) is 14.7 Å². The molecule has 3 nitrogen and oxygen atoms in total. The lowest BCUT2D eigenvalue weighted by Gasteiger charge is -2.03. The Kier molecular flexibility index (Phi) is 1.89. The number of hydrogen-bond acceptors (Lipinski definition) is 2. The molecule has 0 saturated heterocycles. The van der Waals surface area contributed by atoms with Crippen molar-refractivity contribution in [2.24, 2.45) is 7.05 Å². The van der Waals surface area contributed by atoms with Crippen molar-refractivity contribution in [3.05, 3.63) is 11.5 Å². The molecule has 1 aromatic heterocycles. The van der Waals surface area contributed by atoms with Gasteiger partial charge in [-0.1, -0.05) is 13.8 Å². The fourth-order valence-electron chi connectivity index (χ4n) is 1.16. The number of hydrogen-bond donors (Lipinski definition) is 1. The second kappa shape index (κ2) is 2.57. The summed E-state index contributed by atoms with van der Waals surface area (Å²) < 4.78 is 1.72.